The molecule has 28 heavy (non-hydrogen) atoms. The maximum absolute atomic E-state index is 13.3. The van der Waals surface area contributed by atoms with Crippen molar-refractivity contribution in [2.75, 3.05) is 10.2 Å². The number of carbonyl (C=O) groups is 2. The number of aryl methyl sites for hydroxylation is 1. The lowest BCUT2D eigenvalue weighted by Crippen LogP contribution is -2.49. The van der Waals surface area contributed by atoms with Crippen LogP contribution in [0.5, 0.6) is 0 Å². The summed E-state index contributed by atoms with van der Waals surface area (Å²) in [6, 6.07) is 15.4. The highest BCUT2D eigenvalue weighted by atomic mass is 32.2. The lowest BCUT2D eigenvalue weighted by Gasteiger charge is -2.29. The number of rotatable bonds is 3. The molecule has 1 fully saturated rings. The van der Waals surface area contributed by atoms with E-state index in [4.69, 9.17) is 0 Å². The Bertz CT molecular complexity index is 1110. The zero-order valence-electron chi connectivity index (χ0n) is 15.1. The van der Waals surface area contributed by atoms with Crippen molar-refractivity contribution in [3.05, 3.63) is 58.9 Å². The average molecular weight is 408 g/mol. The highest BCUT2D eigenvalue weighted by molar-refractivity contribution is 8.02. The van der Waals surface area contributed by atoms with E-state index in [0.29, 0.717) is 18.5 Å². The highest BCUT2D eigenvalue weighted by Gasteiger charge is 2.57. The smallest absolute Gasteiger partial charge is 0.261 e. The van der Waals surface area contributed by atoms with E-state index >= 15 is 0 Å². The van der Waals surface area contributed by atoms with E-state index in [2.05, 4.69) is 10.3 Å². The van der Waals surface area contributed by atoms with E-state index in [-0.39, 0.29) is 11.8 Å². The molecule has 7 heteroatoms. The van der Waals surface area contributed by atoms with Gasteiger partial charge in [0.05, 0.1) is 16.4 Å². The molecule has 1 unspecified atom stereocenters. The molecule has 0 aliphatic carbocycles. The maximum Gasteiger partial charge on any atom is 0.261 e. The van der Waals surface area contributed by atoms with Crippen LogP contribution in [0.4, 0.5) is 11.4 Å². The first-order valence-electron chi connectivity index (χ1n) is 9.02. The van der Waals surface area contributed by atoms with Gasteiger partial charge >= 0.3 is 0 Å². The third kappa shape index (κ3) is 2.65. The fourth-order valence-corrected chi connectivity index (χ4v) is 5.82. The highest BCUT2D eigenvalue weighted by Crippen LogP contribution is 2.56. The minimum absolute atomic E-state index is 0.000649. The van der Waals surface area contributed by atoms with Gasteiger partial charge in [-0.3, -0.25) is 14.5 Å². The Morgan fingerprint density at radius 1 is 1.21 bits per heavy atom. The lowest BCUT2D eigenvalue weighted by atomic mass is 10.1. The van der Waals surface area contributed by atoms with Crippen molar-refractivity contribution < 1.29 is 9.59 Å². The number of carbonyl (C=O) groups excluding carboxylic acids is 2. The van der Waals surface area contributed by atoms with Crippen molar-refractivity contribution in [2.24, 2.45) is 0 Å². The molecule has 140 valence electrons. The molecule has 0 saturated carbocycles. The van der Waals surface area contributed by atoms with Crippen LogP contribution in [0.3, 0.4) is 0 Å². The molecule has 0 bridgehead atoms. The monoisotopic (exact) mass is 407 g/mol. The topological polar surface area (TPSA) is 62.3 Å². The van der Waals surface area contributed by atoms with Crippen LogP contribution in [-0.2, 0) is 9.59 Å². The zero-order valence-corrected chi connectivity index (χ0v) is 16.8. The Kier molecular flexibility index (Phi) is 4.03. The van der Waals surface area contributed by atoms with Crippen LogP contribution in [-0.4, -0.2) is 21.7 Å². The molecule has 2 aliphatic heterocycles. The third-order valence-electron chi connectivity index (χ3n) is 5.06. The molecule has 2 aromatic carbocycles. The second-order valence-electron chi connectivity index (χ2n) is 6.87. The van der Waals surface area contributed by atoms with Crippen LogP contribution >= 0.6 is 23.1 Å². The molecule has 0 spiro atoms. The van der Waals surface area contributed by atoms with Gasteiger partial charge in [0.25, 0.3) is 5.91 Å². The molecule has 5 nitrogen and oxygen atoms in total. The summed E-state index contributed by atoms with van der Waals surface area (Å²) < 4.78 is 0. The van der Waals surface area contributed by atoms with Crippen LogP contribution < -0.4 is 10.2 Å². The first kappa shape index (κ1) is 17.5. The number of nitrogens with one attached hydrogen (secondary N) is 1. The Labute approximate surface area is 170 Å². The summed E-state index contributed by atoms with van der Waals surface area (Å²) >= 11 is 3.07. The van der Waals surface area contributed by atoms with Gasteiger partial charge in [-0.25, -0.2) is 4.98 Å². The van der Waals surface area contributed by atoms with Crippen LogP contribution in [0.15, 0.2) is 58.8 Å². The van der Waals surface area contributed by atoms with Crippen molar-refractivity contribution in [3.8, 4) is 11.3 Å². The minimum Gasteiger partial charge on any atom is -0.323 e. The summed E-state index contributed by atoms with van der Waals surface area (Å²) in [6.07, 6.45) is 0.884. The minimum atomic E-state index is -0.909. The normalized spacial score (nSPS) is 20.2. The molecule has 3 heterocycles. The number of benzene rings is 2. The van der Waals surface area contributed by atoms with Crippen molar-refractivity contribution in [2.45, 2.75) is 29.5 Å². The van der Waals surface area contributed by atoms with Crippen molar-refractivity contribution in [1.29, 1.82) is 0 Å². The van der Waals surface area contributed by atoms with Gasteiger partial charge in [-0.1, -0.05) is 36.0 Å². The second kappa shape index (κ2) is 6.46. The zero-order chi connectivity index (χ0) is 19.3. The molecule has 3 aromatic rings. The number of thiazole rings is 1. The number of aromatic nitrogens is 1. The summed E-state index contributed by atoms with van der Waals surface area (Å²) in [5, 5.41) is 6.05. The Morgan fingerprint density at radius 3 is 2.89 bits per heavy atom. The predicted octanol–water partition coefficient (Wildman–Crippen LogP) is 4.69. The van der Waals surface area contributed by atoms with Crippen LogP contribution in [0.1, 0.15) is 17.8 Å². The van der Waals surface area contributed by atoms with E-state index in [1.54, 1.807) is 16.2 Å². The largest absolute Gasteiger partial charge is 0.323 e. The van der Waals surface area contributed by atoms with E-state index in [0.717, 1.165) is 26.8 Å². The Morgan fingerprint density at radius 2 is 2.07 bits per heavy atom. The molecule has 0 radical (unpaired) electrons. The van der Waals surface area contributed by atoms with Gasteiger partial charge in [0.2, 0.25) is 5.91 Å². The molecule has 1 aromatic heterocycles. The number of nitrogens with zero attached hydrogens (tertiary/aromatic N) is 2. The first-order valence-corrected chi connectivity index (χ1v) is 10.7. The Hall–Kier alpha value is -2.64. The van der Waals surface area contributed by atoms with Gasteiger partial charge in [0.15, 0.2) is 4.87 Å². The SMILES string of the molecule is Cc1nc(-c2cccc(NC(=O)C34CCC(=O)N3c3ccccc3S4)c2)cs1. The van der Waals surface area contributed by atoms with Gasteiger partial charge in [-0.05, 0) is 37.6 Å². The number of hydrogen-bond acceptors (Lipinski definition) is 5. The van der Waals surface area contributed by atoms with E-state index in [1.165, 1.54) is 11.8 Å². The van der Waals surface area contributed by atoms with E-state index in [1.807, 2.05) is 60.8 Å². The number of anilines is 2. The van der Waals surface area contributed by atoms with Gasteiger partial charge in [0.1, 0.15) is 0 Å². The summed E-state index contributed by atoms with van der Waals surface area (Å²) in [7, 11) is 0. The van der Waals surface area contributed by atoms with Gasteiger partial charge < -0.3 is 5.32 Å². The first-order chi connectivity index (χ1) is 13.6. The van der Waals surface area contributed by atoms with E-state index in [9.17, 15) is 9.59 Å². The number of amides is 2. The maximum atomic E-state index is 13.3. The van der Waals surface area contributed by atoms with Gasteiger partial charge in [0, 0.05) is 27.9 Å². The number of thioether (sulfide) groups is 1. The summed E-state index contributed by atoms with van der Waals surface area (Å²) in [4.78, 5) is 32.1. The molecular weight excluding hydrogens is 390 g/mol. The van der Waals surface area contributed by atoms with Crippen molar-refractivity contribution in [1.82, 2.24) is 4.98 Å². The van der Waals surface area contributed by atoms with Crippen LogP contribution in [0.25, 0.3) is 11.3 Å². The number of hydrogen-bond donors (Lipinski definition) is 1. The number of fused-ring (bicyclic) bond motifs is 3. The quantitative estimate of drug-likeness (QED) is 0.684. The second-order valence-corrected chi connectivity index (χ2v) is 9.25. The Balaban J connectivity index is 1.45. The summed E-state index contributed by atoms with van der Waals surface area (Å²) in [5.74, 6) is -0.162. The summed E-state index contributed by atoms with van der Waals surface area (Å²) in [6.45, 7) is 1.97. The molecule has 1 saturated heterocycles. The molecular formula is C21H17N3O2S2. The van der Waals surface area contributed by atoms with Crippen molar-refractivity contribution >= 4 is 46.3 Å². The van der Waals surface area contributed by atoms with Crippen molar-refractivity contribution in [3.63, 3.8) is 0 Å². The van der Waals surface area contributed by atoms with Gasteiger partial charge in [-0.2, -0.15) is 0 Å². The van der Waals surface area contributed by atoms with Crippen LogP contribution in [0, 0.1) is 6.92 Å². The molecule has 2 amide bonds. The summed E-state index contributed by atoms with van der Waals surface area (Å²) in [5.41, 5.74) is 3.40. The standard InChI is InChI=1S/C21H17N3O2S2/c1-13-22-16(12-27-13)14-5-4-6-15(11-14)23-20(26)21-10-9-19(25)24(21)17-7-2-3-8-18(17)28-21/h2-8,11-12H,9-10H2,1H3,(H,23,26). The van der Waals surface area contributed by atoms with Crippen LogP contribution in [0.2, 0.25) is 0 Å². The van der Waals surface area contributed by atoms with E-state index < -0.39 is 4.87 Å². The van der Waals surface area contributed by atoms with Gasteiger partial charge in [-0.15, -0.1) is 11.3 Å². The molecule has 5 rings (SSSR count). The fourth-order valence-electron chi connectivity index (χ4n) is 3.78. The fraction of sp³-hybridized carbons (Fsp3) is 0.190. The molecule has 2 aliphatic rings. The third-order valence-corrected chi connectivity index (χ3v) is 7.31. The number of para-hydroxylation sites is 1. The average Bonchev–Trinajstić information content (AvgIpc) is 3.36. The molecule has 1 N–H and O–H groups in total. The lowest BCUT2D eigenvalue weighted by molar-refractivity contribution is -0.121. The molecule has 1 atom stereocenters. The predicted molar refractivity (Wildman–Crippen MR) is 113 cm³/mol.